The molecule has 1 aromatic carbocycles. The van der Waals surface area contributed by atoms with Gasteiger partial charge in [0.25, 0.3) is 0 Å². The SMILES string of the molecule is COc1ccc(N(CC(=O)Cl)S(C)(=O)=O)c(OC)c1. The molecule has 0 amide bonds. The highest BCUT2D eigenvalue weighted by atomic mass is 35.5. The molecular weight excluding hydrogens is 294 g/mol. The van der Waals surface area contributed by atoms with E-state index in [-0.39, 0.29) is 11.4 Å². The molecule has 0 unspecified atom stereocenters. The summed E-state index contributed by atoms with van der Waals surface area (Å²) in [5.41, 5.74) is 0.222. The molecule has 19 heavy (non-hydrogen) atoms. The molecule has 0 N–H and O–H groups in total. The predicted molar refractivity (Wildman–Crippen MR) is 72.6 cm³/mol. The van der Waals surface area contributed by atoms with Crippen LogP contribution in [0.3, 0.4) is 0 Å². The Balaban J connectivity index is 3.33. The third-order valence-electron chi connectivity index (χ3n) is 2.32. The molecule has 106 valence electrons. The summed E-state index contributed by atoms with van der Waals surface area (Å²) in [6.45, 7) is -0.469. The van der Waals surface area contributed by atoms with Gasteiger partial charge in [-0.1, -0.05) is 0 Å². The second kappa shape index (κ2) is 6.12. The number of hydrogen-bond donors (Lipinski definition) is 0. The first-order valence-electron chi connectivity index (χ1n) is 5.17. The number of halogens is 1. The van der Waals surface area contributed by atoms with Gasteiger partial charge in [-0.05, 0) is 23.7 Å². The first-order valence-corrected chi connectivity index (χ1v) is 7.40. The molecule has 0 aliphatic rings. The zero-order chi connectivity index (χ0) is 14.6. The topological polar surface area (TPSA) is 72.9 Å². The lowest BCUT2D eigenvalue weighted by molar-refractivity contribution is -0.110. The second-order valence-corrected chi connectivity index (χ2v) is 5.99. The van der Waals surface area contributed by atoms with Crippen LogP contribution in [0.4, 0.5) is 5.69 Å². The van der Waals surface area contributed by atoms with E-state index in [1.54, 1.807) is 6.07 Å². The number of nitrogens with zero attached hydrogens (tertiary/aromatic N) is 1. The molecule has 6 nitrogen and oxygen atoms in total. The molecule has 0 saturated carbocycles. The minimum Gasteiger partial charge on any atom is -0.497 e. The summed E-state index contributed by atoms with van der Waals surface area (Å²) in [6.07, 6.45) is 0.983. The fourth-order valence-electron chi connectivity index (χ4n) is 1.48. The number of methoxy groups -OCH3 is 2. The van der Waals surface area contributed by atoms with Crippen LogP contribution < -0.4 is 13.8 Å². The molecule has 0 radical (unpaired) electrons. The number of rotatable bonds is 6. The number of carbonyl (C=O) groups excluding carboxylic acids is 1. The molecule has 0 spiro atoms. The third kappa shape index (κ3) is 4.00. The van der Waals surface area contributed by atoms with Crippen LogP contribution in [0.25, 0.3) is 0 Å². The van der Waals surface area contributed by atoms with E-state index >= 15 is 0 Å². The molecule has 0 aliphatic carbocycles. The maximum absolute atomic E-state index is 11.7. The van der Waals surface area contributed by atoms with E-state index in [0.29, 0.717) is 5.75 Å². The Hall–Kier alpha value is -1.47. The van der Waals surface area contributed by atoms with Crippen molar-refractivity contribution in [3.8, 4) is 11.5 Å². The summed E-state index contributed by atoms with van der Waals surface area (Å²) in [6, 6.07) is 4.57. The summed E-state index contributed by atoms with van der Waals surface area (Å²) in [7, 11) is -0.791. The van der Waals surface area contributed by atoms with Gasteiger partial charge in [-0.3, -0.25) is 9.10 Å². The molecule has 0 aliphatic heterocycles. The Morgan fingerprint density at radius 1 is 1.32 bits per heavy atom. The minimum absolute atomic E-state index is 0.222. The molecule has 1 rings (SSSR count). The maximum Gasteiger partial charge on any atom is 0.242 e. The van der Waals surface area contributed by atoms with E-state index in [9.17, 15) is 13.2 Å². The van der Waals surface area contributed by atoms with Crippen LogP contribution in [0, 0.1) is 0 Å². The monoisotopic (exact) mass is 307 g/mol. The summed E-state index contributed by atoms with van der Waals surface area (Å²) < 4.78 is 34.4. The number of anilines is 1. The number of ether oxygens (including phenoxy) is 2. The van der Waals surface area contributed by atoms with Crippen LogP contribution in [-0.2, 0) is 14.8 Å². The number of hydrogen-bond acceptors (Lipinski definition) is 5. The van der Waals surface area contributed by atoms with Crippen LogP contribution >= 0.6 is 11.6 Å². The smallest absolute Gasteiger partial charge is 0.242 e. The lowest BCUT2D eigenvalue weighted by Gasteiger charge is -2.22. The van der Waals surface area contributed by atoms with Crippen molar-refractivity contribution in [3.63, 3.8) is 0 Å². The standard InChI is InChI=1S/C11H14ClNO5S/c1-17-8-4-5-9(10(6-8)18-2)13(7-11(12)14)19(3,15)16/h4-6H,7H2,1-3H3. The summed E-state index contributed by atoms with van der Waals surface area (Å²) in [5, 5.41) is -0.789. The van der Waals surface area contributed by atoms with Gasteiger partial charge in [-0.15, -0.1) is 0 Å². The van der Waals surface area contributed by atoms with Gasteiger partial charge in [-0.25, -0.2) is 8.42 Å². The van der Waals surface area contributed by atoms with E-state index in [2.05, 4.69) is 0 Å². The average Bonchev–Trinajstić information content (AvgIpc) is 2.33. The highest BCUT2D eigenvalue weighted by Gasteiger charge is 2.23. The van der Waals surface area contributed by atoms with Crippen molar-refractivity contribution < 1.29 is 22.7 Å². The van der Waals surface area contributed by atoms with E-state index in [1.165, 1.54) is 26.4 Å². The normalized spacial score (nSPS) is 10.9. The molecule has 0 atom stereocenters. The third-order valence-corrected chi connectivity index (χ3v) is 3.57. The molecule has 0 heterocycles. The first-order chi connectivity index (χ1) is 8.79. The fraction of sp³-hybridized carbons (Fsp3) is 0.364. The molecule has 0 bridgehead atoms. The number of carbonyl (C=O) groups is 1. The molecule has 0 saturated heterocycles. The highest BCUT2D eigenvalue weighted by Crippen LogP contribution is 2.33. The van der Waals surface area contributed by atoms with Crippen molar-refractivity contribution in [1.82, 2.24) is 0 Å². The van der Waals surface area contributed by atoms with Gasteiger partial charge in [0.15, 0.2) is 0 Å². The number of sulfonamides is 1. The van der Waals surface area contributed by atoms with Crippen molar-refractivity contribution in [3.05, 3.63) is 18.2 Å². The molecule has 0 aromatic heterocycles. The second-order valence-electron chi connectivity index (χ2n) is 3.66. The van der Waals surface area contributed by atoms with E-state index in [0.717, 1.165) is 10.6 Å². The zero-order valence-corrected chi connectivity index (χ0v) is 12.3. The van der Waals surface area contributed by atoms with Crippen LogP contribution in [0.5, 0.6) is 11.5 Å². The van der Waals surface area contributed by atoms with E-state index in [1.807, 2.05) is 0 Å². The van der Waals surface area contributed by atoms with Gasteiger partial charge < -0.3 is 9.47 Å². The zero-order valence-electron chi connectivity index (χ0n) is 10.7. The first kappa shape index (κ1) is 15.6. The lowest BCUT2D eigenvalue weighted by atomic mass is 10.2. The number of benzene rings is 1. The van der Waals surface area contributed by atoms with Crippen LogP contribution in [0.15, 0.2) is 18.2 Å². The lowest BCUT2D eigenvalue weighted by Crippen LogP contribution is -2.33. The highest BCUT2D eigenvalue weighted by molar-refractivity contribution is 7.92. The van der Waals surface area contributed by atoms with Gasteiger partial charge >= 0.3 is 0 Å². The van der Waals surface area contributed by atoms with Gasteiger partial charge in [0, 0.05) is 6.07 Å². The predicted octanol–water partition coefficient (Wildman–Crippen LogP) is 1.24. The van der Waals surface area contributed by atoms with Crippen molar-refractivity contribution in [2.24, 2.45) is 0 Å². The Morgan fingerprint density at radius 3 is 2.37 bits per heavy atom. The van der Waals surface area contributed by atoms with Gasteiger partial charge in [0.05, 0.1) is 26.2 Å². The summed E-state index contributed by atoms with van der Waals surface area (Å²) in [5.74, 6) is 0.772. The quantitative estimate of drug-likeness (QED) is 0.739. The van der Waals surface area contributed by atoms with E-state index < -0.39 is 21.8 Å². The largest absolute Gasteiger partial charge is 0.497 e. The van der Waals surface area contributed by atoms with Crippen molar-refractivity contribution in [2.75, 3.05) is 31.3 Å². The Kier molecular flexibility index (Phi) is 5.02. The Bertz CT molecular complexity index is 572. The van der Waals surface area contributed by atoms with Crippen molar-refractivity contribution in [2.45, 2.75) is 0 Å². The van der Waals surface area contributed by atoms with Gasteiger partial charge in [0.1, 0.15) is 18.0 Å². The average molecular weight is 308 g/mol. The van der Waals surface area contributed by atoms with Crippen molar-refractivity contribution >= 4 is 32.6 Å². The molecule has 8 heteroatoms. The Labute approximate surface area is 116 Å². The van der Waals surface area contributed by atoms with Gasteiger partial charge in [-0.2, -0.15) is 0 Å². The molecule has 1 aromatic rings. The Morgan fingerprint density at radius 2 is 1.95 bits per heavy atom. The van der Waals surface area contributed by atoms with Crippen LogP contribution in [-0.4, -0.2) is 40.7 Å². The maximum atomic E-state index is 11.7. The fourth-order valence-corrected chi connectivity index (χ4v) is 2.54. The molecular formula is C11H14ClNO5S. The van der Waals surface area contributed by atoms with Crippen LogP contribution in [0.2, 0.25) is 0 Å². The minimum atomic E-state index is -3.66. The summed E-state index contributed by atoms with van der Waals surface area (Å²) in [4.78, 5) is 11.0. The summed E-state index contributed by atoms with van der Waals surface area (Å²) >= 11 is 5.27. The van der Waals surface area contributed by atoms with Crippen LogP contribution in [0.1, 0.15) is 0 Å². The van der Waals surface area contributed by atoms with Gasteiger partial charge in [0.2, 0.25) is 15.3 Å². The van der Waals surface area contributed by atoms with E-state index in [4.69, 9.17) is 21.1 Å². The van der Waals surface area contributed by atoms with Crippen molar-refractivity contribution in [1.29, 1.82) is 0 Å². The molecule has 0 fully saturated rings.